The number of thioether (sulfide) groups is 1. The molecule has 4 aliphatic carbocycles. The number of aromatic nitrogens is 2. The van der Waals surface area contributed by atoms with Gasteiger partial charge in [-0.2, -0.15) is 0 Å². The van der Waals surface area contributed by atoms with Gasteiger partial charge in [0, 0.05) is 22.8 Å². The number of carbonyl (C=O) groups is 2. The highest BCUT2D eigenvalue weighted by Gasteiger charge is 2.68. The first kappa shape index (κ1) is 25.8. The molecule has 202 valence electrons. The summed E-state index contributed by atoms with van der Waals surface area (Å²) in [4.78, 5) is 33.6. The molecule has 0 saturated heterocycles. The number of Topliss-reactive ketones (excluding diaryl/α,β-unsaturated/α-hetero) is 1. The van der Waals surface area contributed by atoms with Crippen molar-refractivity contribution in [2.24, 2.45) is 28.6 Å². The van der Waals surface area contributed by atoms with Crippen molar-refractivity contribution in [1.29, 1.82) is 0 Å². The Labute approximate surface area is 227 Å². The molecule has 6 unspecified atom stereocenters. The number of fused-ring (bicyclic) bond motifs is 6. The second-order valence-electron chi connectivity index (χ2n) is 12.0. The first-order valence-electron chi connectivity index (χ1n) is 13.7. The van der Waals surface area contributed by atoms with Gasteiger partial charge in [0.05, 0.1) is 29.5 Å². The Morgan fingerprint density at radius 1 is 1.29 bits per heavy atom. The van der Waals surface area contributed by atoms with Crippen LogP contribution in [0.4, 0.5) is 0 Å². The fourth-order valence-corrected chi connectivity index (χ4v) is 9.18. The van der Waals surface area contributed by atoms with E-state index in [0.717, 1.165) is 41.6 Å². The van der Waals surface area contributed by atoms with Crippen molar-refractivity contribution in [1.82, 2.24) is 9.97 Å². The third-order valence-corrected chi connectivity index (χ3v) is 11.1. The van der Waals surface area contributed by atoms with Gasteiger partial charge >= 0.3 is 0 Å². The van der Waals surface area contributed by atoms with E-state index in [0.29, 0.717) is 24.6 Å². The summed E-state index contributed by atoms with van der Waals surface area (Å²) in [6, 6.07) is 5.67. The summed E-state index contributed by atoms with van der Waals surface area (Å²) >= 11 is 1.31. The number of nitrogens with one attached hydrogen (secondary N) is 1. The van der Waals surface area contributed by atoms with Gasteiger partial charge in [-0.15, -0.1) is 0 Å². The number of allylic oxidation sites excluding steroid dienone is 4. The van der Waals surface area contributed by atoms with Crippen LogP contribution in [0.2, 0.25) is 0 Å². The van der Waals surface area contributed by atoms with Crippen molar-refractivity contribution in [2.45, 2.75) is 69.7 Å². The number of carbonyl (C=O) groups excluding carboxylic acids is 2. The number of ketones is 2. The van der Waals surface area contributed by atoms with E-state index in [2.05, 4.69) is 16.9 Å². The fourth-order valence-electron chi connectivity index (χ4n) is 8.33. The molecule has 0 aliphatic heterocycles. The molecule has 4 aliphatic rings. The van der Waals surface area contributed by atoms with E-state index in [9.17, 15) is 19.8 Å². The molecule has 3 saturated carbocycles. The predicted molar refractivity (Wildman–Crippen MR) is 146 cm³/mol. The Kier molecular flexibility index (Phi) is 6.16. The molecule has 1 heterocycles. The molecule has 8 heteroatoms. The standard InChI is InChI=1S/C30H36N2O5S/c1-4-37-19-6-8-22-23(14-19)32-27(31-22)38-16-25(35)30(36)12-10-21-20-7-5-17-13-18(33)9-11-28(17,2)26(20)24(34)15-29(21,30)3/h6,8-9,11,13-14,20-21,24,26,34,36H,4-5,7,10,12,15-16H2,1-3H3,(H,31,32)/t20?,21?,24?,26?,28?,29?,30-/m0/s1. The Hall–Kier alpha value is -2.42. The number of hydrogen-bond acceptors (Lipinski definition) is 7. The zero-order valence-corrected chi connectivity index (χ0v) is 23.0. The largest absolute Gasteiger partial charge is 0.494 e. The van der Waals surface area contributed by atoms with Gasteiger partial charge in [-0.05, 0) is 75.1 Å². The van der Waals surface area contributed by atoms with Crippen LogP contribution in [0.5, 0.6) is 5.75 Å². The summed E-state index contributed by atoms with van der Waals surface area (Å²) in [7, 11) is 0. The third-order valence-electron chi connectivity index (χ3n) is 10.2. The Morgan fingerprint density at radius 3 is 2.89 bits per heavy atom. The maximum Gasteiger partial charge on any atom is 0.178 e. The lowest BCUT2D eigenvalue weighted by Crippen LogP contribution is -2.61. The van der Waals surface area contributed by atoms with Crippen LogP contribution in [0, 0.1) is 28.6 Å². The monoisotopic (exact) mass is 536 g/mol. The highest BCUT2D eigenvalue weighted by molar-refractivity contribution is 7.99. The lowest BCUT2D eigenvalue weighted by atomic mass is 9.46. The number of aliphatic hydroxyl groups is 2. The van der Waals surface area contributed by atoms with E-state index in [4.69, 9.17) is 4.74 Å². The molecule has 0 bridgehead atoms. The second-order valence-corrected chi connectivity index (χ2v) is 12.9. The van der Waals surface area contributed by atoms with Crippen LogP contribution in [0.1, 0.15) is 52.9 Å². The van der Waals surface area contributed by atoms with Crippen LogP contribution in [0.15, 0.2) is 47.2 Å². The highest BCUT2D eigenvalue weighted by Crippen LogP contribution is 2.67. The van der Waals surface area contributed by atoms with Gasteiger partial charge in [-0.1, -0.05) is 37.3 Å². The van der Waals surface area contributed by atoms with Gasteiger partial charge in [0.25, 0.3) is 0 Å². The molecule has 6 rings (SSSR count). The number of imidazole rings is 1. The van der Waals surface area contributed by atoms with Crippen LogP contribution < -0.4 is 4.74 Å². The minimum Gasteiger partial charge on any atom is -0.494 e. The maximum absolute atomic E-state index is 13.7. The third kappa shape index (κ3) is 3.74. The summed E-state index contributed by atoms with van der Waals surface area (Å²) in [5.74, 6) is 1.00. The first-order chi connectivity index (χ1) is 18.1. The average molecular weight is 537 g/mol. The van der Waals surface area contributed by atoms with Crippen LogP contribution in [0.3, 0.4) is 0 Å². The molecule has 0 spiro atoms. The van der Waals surface area contributed by atoms with Gasteiger partial charge in [-0.25, -0.2) is 4.98 Å². The van der Waals surface area contributed by atoms with Crippen LogP contribution in [0.25, 0.3) is 11.0 Å². The smallest absolute Gasteiger partial charge is 0.178 e. The van der Waals surface area contributed by atoms with Crippen molar-refractivity contribution in [2.75, 3.05) is 12.4 Å². The zero-order chi connectivity index (χ0) is 26.9. The predicted octanol–water partition coefficient (Wildman–Crippen LogP) is 4.63. The van der Waals surface area contributed by atoms with Crippen molar-refractivity contribution < 1.29 is 24.5 Å². The summed E-state index contributed by atoms with van der Waals surface area (Å²) in [5.41, 5.74) is 0.207. The molecule has 7 atom stereocenters. The summed E-state index contributed by atoms with van der Waals surface area (Å²) < 4.78 is 5.57. The maximum atomic E-state index is 13.7. The number of aromatic amines is 1. The number of aliphatic hydroxyl groups excluding tert-OH is 1. The summed E-state index contributed by atoms with van der Waals surface area (Å²) in [6.07, 6.45) is 7.94. The topological polar surface area (TPSA) is 113 Å². The van der Waals surface area contributed by atoms with Crippen LogP contribution in [-0.4, -0.2) is 55.8 Å². The Morgan fingerprint density at radius 2 is 2.11 bits per heavy atom. The Balaban J connectivity index is 1.21. The number of hydrogen-bond donors (Lipinski definition) is 3. The molecule has 3 fully saturated rings. The second kappa shape index (κ2) is 9.07. The quantitative estimate of drug-likeness (QED) is 0.461. The molecular weight excluding hydrogens is 500 g/mol. The fraction of sp³-hybridized carbons (Fsp3) is 0.567. The van der Waals surface area contributed by atoms with Gasteiger partial charge < -0.3 is 19.9 Å². The normalized spacial score (nSPS) is 37.9. The highest BCUT2D eigenvalue weighted by atomic mass is 32.2. The molecule has 38 heavy (non-hydrogen) atoms. The van der Waals surface area contributed by atoms with Crippen molar-refractivity contribution in [3.63, 3.8) is 0 Å². The van der Waals surface area contributed by atoms with E-state index < -0.39 is 17.1 Å². The van der Waals surface area contributed by atoms with Crippen LogP contribution in [-0.2, 0) is 9.59 Å². The molecular formula is C30H36N2O5S. The average Bonchev–Trinajstić information content (AvgIpc) is 3.40. The summed E-state index contributed by atoms with van der Waals surface area (Å²) in [6.45, 7) is 6.67. The van der Waals surface area contributed by atoms with Gasteiger partial charge in [0.1, 0.15) is 11.4 Å². The lowest BCUT2D eigenvalue weighted by molar-refractivity contribution is -0.174. The van der Waals surface area contributed by atoms with Gasteiger partial charge in [0.2, 0.25) is 0 Å². The van der Waals surface area contributed by atoms with Gasteiger partial charge in [-0.3, -0.25) is 9.59 Å². The molecule has 1 aromatic carbocycles. The van der Waals surface area contributed by atoms with E-state index in [-0.39, 0.29) is 40.5 Å². The number of rotatable bonds is 6. The SMILES string of the molecule is CCOc1ccc2nc(SCC(=O)[C@@]3(O)CCC4C5CCC6=CC(=O)C=CC6(C)C5C(O)CC43C)[nH]c2c1. The molecule has 0 amide bonds. The molecule has 2 aromatic rings. The molecule has 0 radical (unpaired) electrons. The molecule has 1 aromatic heterocycles. The summed E-state index contributed by atoms with van der Waals surface area (Å²) in [5, 5.41) is 24.2. The van der Waals surface area contributed by atoms with E-state index in [1.54, 1.807) is 12.2 Å². The van der Waals surface area contributed by atoms with Crippen molar-refractivity contribution in [3.8, 4) is 5.75 Å². The van der Waals surface area contributed by atoms with E-state index in [1.165, 1.54) is 11.8 Å². The first-order valence-corrected chi connectivity index (χ1v) is 14.7. The van der Waals surface area contributed by atoms with Crippen molar-refractivity contribution >= 4 is 34.4 Å². The number of benzene rings is 1. The minimum absolute atomic E-state index is 0.0172. The number of nitrogens with zero attached hydrogens (tertiary/aromatic N) is 1. The molecule has 3 N–H and O–H groups in total. The zero-order valence-electron chi connectivity index (χ0n) is 22.2. The lowest BCUT2D eigenvalue weighted by Gasteiger charge is -2.59. The van der Waals surface area contributed by atoms with E-state index >= 15 is 0 Å². The van der Waals surface area contributed by atoms with Crippen LogP contribution >= 0.6 is 11.8 Å². The number of ether oxygens (including phenoxy) is 1. The van der Waals surface area contributed by atoms with E-state index in [1.807, 2.05) is 38.1 Å². The Bertz CT molecular complexity index is 1370. The van der Waals surface area contributed by atoms with Gasteiger partial charge in [0.15, 0.2) is 16.7 Å². The minimum atomic E-state index is -1.49. The van der Waals surface area contributed by atoms with Crippen molar-refractivity contribution in [3.05, 3.63) is 42.0 Å². The number of H-pyrrole nitrogens is 1. The molecule has 7 nitrogen and oxygen atoms in total.